The van der Waals surface area contributed by atoms with Crippen molar-refractivity contribution >= 4 is 18.7 Å². The first-order valence-electron chi connectivity index (χ1n) is 12.3. The van der Waals surface area contributed by atoms with E-state index in [0.29, 0.717) is 0 Å². The third-order valence-electron chi connectivity index (χ3n) is 5.95. The van der Waals surface area contributed by atoms with E-state index in [1.807, 2.05) is 84.9 Å². The Morgan fingerprint density at radius 1 is 0.765 bits per heavy atom. The van der Waals surface area contributed by atoms with Crippen LogP contribution in [-0.4, -0.2) is 20.2 Å². The van der Waals surface area contributed by atoms with Crippen molar-refractivity contribution in [3.8, 4) is 17.6 Å². The molecule has 34 heavy (non-hydrogen) atoms. The summed E-state index contributed by atoms with van der Waals surface area (Å²) in [5.41, 5.74) is 1.07. The van der Waals surface area contributed by atoms with Gasteiger partial charge in [-0.3, -0.25) is 0 Å². The molecule has 3 aromatic carbocycles. The van der Waals surface area contributed by atoms with Gasteiger partial charge in [-0.05, 0) is 46.1 Å². The van der Waals surface area contributed by atoms with Gasteiger partial charge in [0.1, 0.15) is 5.75 Å². The number of hydrogen-bond acceptors (Lipinski definition) is 2. The van der Waals surface area contributed by atoms with Crippen molar-refractivity contribution in [3.63, 3.8) is 0 Å². The number of methoxy groups -OCH3 is 1. The molecule has 0 aromatic heterocycles. The van der Waals surface area contributed by atoms with Crippen molar-refractivity contribution in [2.24, 2.45) is 0 Å². The van der Waals surface area contributed by atoms with Crippen molar-refractivity contribution in [2.75, 3.05) is 7.11 Å². The molecular weight excluding hydrogens is 432 g/mol. The van der Waals surface area contributed by atoms with Gasteiger partial charge in [0.05, 0.1) is 7.11 Å². The lowest BCUT2D eigenvalue weighted by Crippen LogP contribution is -2.64. The van der Waals surface area contributed by atoms with Gasteiger partial charge in [0.2, 0.25) is 0 Å². The zero-order valence-corrected chi connectivity index (χ0v) is 22.5. The van der Waals surface area contributed by atoms with E-state index >= 15 is 0 Å². The number of rotatable bonds is 7. The highest BCUT2D eigenvalue weighted by atomic mass is 28.4. The van der Waals surface area contributed by atoms with E-state index in [-0.39, 0.29) is 5.04 Å². The molecule has 0 fully saturated rings. The molecule has 1 N–H and O–H groups in total. The molecular formula is C31H40O2Si. The van der Waals surface area contributed by atoms with Crippen LogP contribution in [0, 0.1) is 11.8 Å². The van der Waals surface area contributed by atoms with Crippen LogP contribution in [0.2, 0.25) is 5.04 Å². The molecule has 0 saturated carbocycles. The minimum atomic E-state index is -2.70. The topological polar surface area (TPSA) is 29.5 Å². The van der Waals surface area contributed by atoms with Crippen molar-refractivity contribution in [1.29, 1.82) is 0 Å². The number of hydrogen-bond donors (Lipinski definition) is 1. The molecule has 0 amide bonds. The second-order valence-electron chi connectivity index (χ2n) is 9.53. The summed E-state index contributed by atoms with van der Waals surface area (Å²) in [5.74, 6) is 7.26. The second-order valence-corrected chi connectivity index (χ2v) is 13.6. The molecule has 3 aromatic rings. The van der Waals surface area contributed by atoms with Gasteiger partial charge in [0.15, 0.2) is 0 Å². The van der Waals surface area contributed by atoms with Crippen LogP contribution in [0.25, 0.3) is 0 Å². The molecule has 0 saturated heterocycles. The fourth-order valence-electron chi connectivity index (χ4n) is 3.87. The summed E-state index contributed by atoms with van der Waals surface area (Å²) in [4.78, 5) is 11.4. The Hall–Kier alpha value is -2.80. The maximum atomic E-state index is 11.4. The van der Waals surface area contributed by atoms with Crippen molar-refractivity contribution in [3.05, 3.63) is 90.5 Å². The summed E-state index contributed by atoms with van der Waals surface area (Å²) >= 11 is 0. The average molecular weight is 473 g/mol. The summed E-state index contributed by atoms with van der Waals surface area (Å²) in [7, 11) is -1.03. The van der Waals surface area contributed by atoms with Gasteiger partial charge in [0, 0.05) is 12.0 Å². The Kier molecular flexibility index (Phi) is 11.1. The molecule has 3 rings (SSSR count). The highest BCUT2D eigenvalue weighted by molar-refractivity contribution is 6.98. The van der Waals surface area contributed by atoms with E-state index in [0.717, 1.165) is 28.1 Å². The van der Waals surface area contributed by atoms with E-state index in [4.69, 9.17) is 4.74 Å². The van der Waals surface area contributed by atoms with Crippen LogP contribution in [0.3, 0.4) is 0 Å². The Balaban J connectivity index is 0.000000242. The first kappa shape index (κ1) is 27.4. The lowest BCUT2D eigenvalue weighted by Gasteiger charge is -2.38. The van der Waals surface area contributed by atoms with Crippen LogP contribution in [-0.2, 0) is 0 Å². The largest absolute Gasteiger partial charge is 0.497 e. The van der Waals surface area contributed by atoms with E-state index in [9.17, 15) is 4.80 Å². The standard InChI is InChI=1S/C16H20OSi.C15H20O/c1-16(2,3)18(17,14-10-6-4-7-11-14)15-12-8-5-9-13-15;1-3-4-5-6-7-8-9-14-10-12-15(16-2)13-11-14/h4-13,17H,1-3H3;10-13H,3-7H2,1-2H3. The predicted molar refractivity (Wildman–Crippen MR) is 148 cm³/mol. The van der Waals surface area contributed by atoms with Crippen LogP contribution in [0.1, 0.15) is 65.4 Å². The lowest BCUT2D eigenvalue weighted by molar-refractivity contribution is 0.415. The minimum Gasteiger partial charge on any atom is -0.497 e. The second kappa shape index (κ2) is 13.8. The van der Waals surface area contributed by atoms with Gasteiger partial charge >= 0.3 is 0 Å². The molecule has 0 heterocycles. The molecule has 2 nitrogen and oxygen atoms in total. The third kappa shape index (κ3) is 7.90. The van der Waals surface area contributed by atoms with Crippen molar-refractivity contribution < 1.29 is 9.53 Å². The van der Waals surface area contributed by atoms with E-state index in [2.05, 4.69) is 39.5 Å². The Labute approximate surface area is 208 Å². The molecule has 0 bridgehead atoms. The van der Waals surface area contributed by atoms with Crippen LogP contribution in [0.4, 0.5) is 0 Å². The lowest BCUT2D eigenvalue weighted by atomic mass is 10.1. The molecule has 3 heteroatoms. The number of unbranched alkanes of at least 4 members (excludes halogenated alkanes) is 4. The molecule has 0 aliphatic carbocycles. The van der Waals surface area contributed by atoms with Crippen molar-refractivity contribution in [1.82, 2.24) is 0 Å². The average Bonchev–Trinajstić information content (AvgIpc) is 2.87. The summed E-state index contributed by atoms with van der Waals surface area (Å²) < 4.78 is 5.09. The molecule has 0 aliphatic heterocycles. The van der Waals surface area contributed by atoms with Crippen molar-refractivity contribution in [2.45, 2.75) is 64.8 Å². The predicted octanol–water partition coefficient (Wildman–Crippen LogP) is 6.56. The summed E-state index contributed by atoms with van der Waals surface area (Å²) in [5, 5.41) is 2.00. The molecule has 180 valence electrons. The Bertz CT molecular complexity index is 971. The molecule has 0 unspecified atom stereocenters. The van der Waals surface area contributed by atoms with E-state index < -0.39 is 8.32 Å². The highest BCUT2D eigenvalue weighted by Gasteiger charge is 2.46. The third-order valence-corrected chi connectivity index (χ3v) is 10.5. The summed E-state index contributed by atoms with van der Waals surface area (Å²) in [6.07, 6.45) is 6.13. The molecule has 0 aliphatic rings. The molecule has 0 radical (unpaired) electrons. The first-order valence-corrected chi connectivity index (χ1v) is 14.2. The first-order chi connectivity index (χ1) is 16.3. The van der Waals surface area contributed by atoms with Crippen LogP contribution in [0.15, 0.2) is 84.9 Å². The summed E-state index contributed by atoms with van der Waals surface area (Å²) in [6, 6.07) is 28.1. The monoisotopic (exact) mass is 472 g/mol. The zero-order valence-electron chi connectivity index (χ0n) is 21.5. The Morgan fingerprint density at radius 3 is 1.74 bits per heavy atom. The molecule has 0 spiro atoms. The fourth-order valence-corrected chi connectivity index (χ4v) is 7.29. The molecule has 0 atom stereocenters. The van der Waals surface area contributed by atoms with Gasteiger partial charge in [-0.1, -0.05) is 119 Å². The minimum absolute atomic E-state index is 0.143. The Morgan fingerprint density at radius 2 is 1.29 bits per heavy atom. The maximum absolute atomic E-state index is 11.4. The van der Waals surface area contributed by atoms with Gasteiger partial charge in [0.25, 0.3) is 8.32 Å². The SMILES string of the molecule is CC(C)(C)[Si](O)(c1ccccc1)c1ccccc1.CCCCCCC#Cc1ccc(OC)cc1. The van der Waals surface area contributed by atoms with Gasteiger partial charge in [-0.25, -0.2) is 0 Å². The fraction of sp³-hybridized carbons (Fsp3) is 0.355. The van der Waals surface area contributed by atoms with Crippen LogP contribution < -0.4 is 15.1 Å². The maximum Gasteiger partial charge on any atom is 0.258 e. The summed E-state index contributed by atoms with van der Waals surface area (Å²) in [6.45, 7) is 8.60. The smallest absolute Gasteiger partial charge is 0.258 e. The van der Waals surface area contributed by atoms with Gasteiger partial charge in [-0.15, -0.1) is 0 Å². The van der Waals surface area contributed by atoms with Gasteiger partial charge < -0.3 is 9.53 Å². The van der Waals surface area contributed by atoms with Crippen LogP contribution in [0.5, 0.6) is 5.75 Å². The van der Waals surface area contributed by atoms with Gasteiger partial charge in [-0.2, -0.15) is 0 Å². The van der Waals surface area contributed by atoms with E-state index in [1.54, 1.807) is 7.11 Å². The zero-order chi connectivity index (χ0) is 24.9. The number of ether oxygens (including phenoxy) is 1. The highest BCUT2D eigenvalue weighted by Crippen LogP contribution is 2.33. The van der Waals surface area contributed by atoms with E-state index in [1.165, 1.54) is 25.7 Å². The number of benzene rings is 3. The normalized spacial score (nSPS) is 11.0. The van der Waals surface area contributed by atoms with Crippen LogP contribution >= 0.6 is 0 Å². The quantitative estimate of drug-likeness (QED) is 0.240.